The van der Waals surface area contributed by atoms with Crippen molar-refractivity contribution >= 4 is 5.97 Å². The molecule has 0 aliphatic heterocycles. The highest BCUT2D eigenvalue weighted by Gasteiger charge is 2.21. The van der Waals surface area contributed by atoms with Crippen molar-refractivity contribution in [1.29, 1.82) is 0 Å². The molecule has 0 radical (unpaired) electrons. The first kappa shape index (κ1) is 30.7. The second-order valence-electron chi connectivity index (χ2n) is 7.54. The van der Waals surface area contributed by atoms with Gasteiger partial charge in [-0.25, -0.2) is 4.79 Å². The van der Waals surface area contributed by atoms with Crippen LogP contribution in [0.25, 0.3) is 0 Å². The van der Waals surface area contributed by atoms with E-state index in [1.54, 1.807) is 27.4 Å². The highest BCUT2D eigenvalue weighted by atomic mass is 16.7. The van der Waals surface area contributed by atoms with E-state index >= 15 is 0 Å². The normalized spacial score (nSPS) is 15.0. The van der Waals surface area contributed by atoms with Gasteiger partial charge in [-0.05, 0) is 19.8 Å². The van der Waals surface area contributed by atoms with Gasteiger partial charge in [0.15, 0.2) is 0 Å². The lowest BCUT2D eigenvalue weighted by Gasteiger charge is -2.24. The van der Waals surface area contributed by atoms with Crippen LogP contribution in [-0.2, 0) is 38.0 Å². The summed E-state index contributed by atoms with van der Waals surface area (Å²) >= 11 is 0. The first-order chi connectivity index (χ1) is 15.5. The molecule has 0 aromatic carbocycles. The van der Waals surface area contributed by atoms with E-state index < -0.39 is 5.97 Å². The average molecular weight is 461 g/mol. The third-order valence-electron chi connectivity index (χ3n) is 5.00. The Morgan fingerprint density at radius 2 is 1.22 bits per heavy atom. The van der Waals surface area contributed by atoms with Crippen molar-refractivity contribution in [3.05, 3.63) is 25.3 Å². The van der Waals surface area contributed by atoms with Gasteiger partial charge in [-0.2, -0.15) is 0 Å². The van der Waals surface area contributed by atoms with Gasteiger partial charge < -0.3 is 33.2 Å². The van der Waals surface area contributed by atoms with Crippen LogP contribution < -0.4 is 0 Å². The molecule has 0 bridgehead atoms. The Morgan fingerprint density at radius 1 is 0.750 bits per heavy atom. The lowest BCUT2D eigenvalue weighted by atomic mass is 10.0. The van der Waals surface area contributed by atoms with Crippen LogP contribution in [-0.4, -0.2) is 72.1 Å². The minimum atomic E-state index is -0.442. The monoisotopic (exact) mass is 460 g/mol. The summed E-state index contributed by atoms with van der Waals surface area (Å²) in [6.45, 7) is 9.68. The molecular formula is C24H44O8. The Kier molecular flexibility index (Phi) is 20.7. The summed E-state index contributed by atoms with van der Waals surface area (Å²) in [6.07, 6.45) is 10.2. The predicted octanol–water partition coefficient (Wildman–Crippen LogP) is 4.38. The lowest BCUT2D eigenvalue weighted by molar-refractivity contribution is -0.158. The molecule has 0 rings (SSSR count). The molecule has 0 fully saturated rings. The Morgan fingerprint density at radius 3 is 1.72 bits per heavy atom. The van der Waals surface area contributed by atoms with Crippen molar-refractivity contribution < 1.29 is 38.0 Å². The molecule has 8 nitrogen and oxygen atoms in total. The molecule has 0 saturated heterocycles. The zero-order chi connectivity index (χ0) is 24.0. The molecule has 0 aliphatic rings. The fourth-order valence-corrected chi connectivity index (χ4v) is 3.29. The zero-order valence-corrected chi connectivity index (χ0v) is 20.4. The first-order valence-corrected chi connectivity index (χ1v) is 11.3. The molecule has 188 valence electrons. The molecule has 0 spiro atoms. The minimum Gasteiger partial charge on any atom is -0.457 e. The van der Waals surface area contributed by atoms with Gasteiger partial charge >= 0.3 is 5.97 Å². The number of hydrogen-bond acceptors (Lipinski definition) is 8. The maximum absolute atomic E-state index is 11.4. The number of unbranched alkanes of at least 4 members (excludes halogenated alkanes) is 5. The smallest absolute Gasteiger partial charge is 0.330 e. The zero-order valence-electron chi connectivity index (χ0n) is 20.4. The van der Waals surface area contributed by atoms with Gasteiger partial charge in [0.25, 0.3) is 0 Å². The summed E-state index contributed by atoms with van der Waals surface area (Å²) in [6, 6.07) is 0. The lowest BCUT2D eigenvalue weighted by Crippen LogP contribution is -2.31. The summed E-state index contributed by atoms with van der Waals surface area (Å²) in [5, 5.41) is 0. The van der Waals surface area contributed by atoms with Crippen molar-refractivity contribution in [3.8, 4) is 0 Å². The van der Waals surface area contributed by atoms with E-state index in [1.807, 2.05) is 6.92 Å². The van der Waals surface area contributed by atoms with Gasteiger partial charge in [-0.15, -0.1) is 6.58 Å². The Bertz CT molecular complexity index is 471. The molecule has 8 heteroatoms. The van der Waals surface area contributed by atoms with Crippen LogP contribution in [0.4, 0.5) is 0 Å². The summed E-state index contributed by atoms with van der Waals surface area (Å²) in [5.74, 6) is -0.442. The fourth-order valence-electron chi connectivity index (χ4n) is 3.29. The van der Waals surface area contributed by atoms with Crippen LogP contribution in [0.3, 0.4) is 0 Å². The van der Waals surface area contributed by atoms with E-state index in [1.165, 1.54) is 0 Å². The number of esters is 1. The number of rotatable bonds is 23. The van der Waals surface area contributed by atoms with Gasteiger partial charge in [0.2, 0.25) is 0 Å². The van der Waals surface area contributed by atoms with Crippen LogP contribution in [0.2, 0.25) is 0 Å². The first-order valence-electron chi connectivity index (χ1n) is 11.3. The van der Waals surface area contributed by atoms with Crippen molar-refractivity contribution in [1.82, 2.24) is 0 Å². The van der Waals surface area contributed by atoms with E-state index in [0.29, 0.717) is 0 Å². The summed E-state index contributed by atoms with van der Waals surface area (Å²) in [5.41, 5.74) is 0. The third kappa shape index (κ3) is 15.5. The fraction of sp³-hybridized carbons (Fsp3) is 0.792. The third-order valence-corrected chi connectivity index (χ3v) is 5.00. The number of carbonyl (C=O) groups is 1. The quantitative estimate of drug-likeness (QED) is 0.0731. The molecule has 32 heavy (non-hydrogen) atoms. The van der Waals surface area contributed by atoms with Gasteiger partial charge in [0.05, 0.1) is 12.2 Å². The molecule has 4 atom stereocenters. The largest absolute Gasteiger partial charge is 0.457 e. The molecule has 0 aromatic heterocycles. The van der Waals surface area contributed by atoms with E-state index in [0.717, 1.165) is 57.4 Å². The topological polar surface area (TPSA) is 81.7 Å². The molecule has 0 aliphatic carbocycles. The standard InChI is InChI=1S/C24H44O8/c1-7-21(29-17-26-4)23(31-19-28-6)16-14-12-10-9-11-13-15-22(30-18-27-5)20(3)32-24(25)8-2/h7-8,20-23H,1-2,9-19H2,3-6H3/t20-,21-,22+,23+/m1/s1. The molecule has 0 aromatic rings. The second-order valence-corrected chi connectivity index (χ2v) is 7.54. The Balaban J connectivity index is 4.17. The maximum atomic E-state index is 11.4. The van der Waals surface area contributed by atoms with Crippen molar-refractivity contribution in [2.45, 2.75) is 82.7 Å². The van der Waals surface area contributed by atoms with Crippen LogP contribution in [0, 0.1) is 0 Å². The summed E-state index contributed by atoms with van der Waals surface area (Å²) in [4.78, 5) is 11.4. The van der Waals surface area contributed by atoms with Crippen molar-refractivity contribution in [2.75, 3.05) is 41.7 Å². The average Bonchev–Trinajstić information content (AvgIpc) is 2.80. The van der Waals surface area contributed by atoms with Gasteiger partial charge in [0.1, 0.15) is 32.6 Å². The van der Waals surface area contributed by atoms with E-state index in [4.69, 9.17) is 33.2 Å². The van der Waals surface area contributed by atoms with Crippen LogP contribution >= 0.6 is 0 Å². The maximum Gasteiger partial charge on any atom is 0.330 e. The number of ether oxygens (including phenoxy) is 7. The van der Waals surface area contributed by atoms with Crippen molar-refractivity contribution in [3.63, 3.8) is 0 Å². The van der Waals surface area contributed by atoms with Gasteiger partial charge in [-0.1, -0.05) is 51.2 Å². The Labute approximate surface area is 194 Å². The highest BCUT2D eigenvalue weighted by molar-refractivity contribution is 5.81. The summed E-state index contributed by atoms with van der Waals surface area (Å²) < 4.78 is 37.4. The SMILES string of the molecule is C=CC(=O)O[C@H](C)[C@H](CCCCCCCC[C@H](OCOC)[C@@H](C=C)OCOC)OCOC. The molecule has 0 N–H and O–H groups in total. The van der Waals surface area contributed by atoms with E-state index in [2.05, 4.69) is 13.2 Å². The highest BCUT2D eigenvalue weighted by Crippen LogP contribution is 2.18. The second kappa shape index (κ2) is 21.6. The number of hydrogen-bond donors (Lipinski definition) is 0. The van der Waals surface area contributed by atoms with Crippen LogP contribution in [0.5, 0.6) is 0 Å². The minimum absolute atomic E-state index is 0.110. The van der Waals surface area contributed by atoms with Crippen molar-refractivity contribution in [2.24, 2.45) is 0 Å². The molecular weight excluding hydrogens is 416 g/mol. The van der Waals surface area contributed by atoms with Gasteiger partial charge in [0, 0.05) is 27.4 Å². The van der Waals surface area contributed by atoms with Gasteiger partial charge in [-0.3, -0.25) is 0 Å². The molecule has 0 unspecified atom stereocenters. The summed E-state index contributed by atoms with van der Waals surface area (Å²) in [7, 11) is 4.76. The molecule has 0 heterocycles. The van der Waals surface area contributed by atoms with E-state index in [-0.39, 0.29) is 44.8 Å². The van der Waals surface area contributed by atoms with Crippen LogP contribution in [0.15, 0.2) is 25.3 Å². The van der Waals surface area contributed by atoms with Crippen LogP contribution in [0.1, 0.15) is 58.3 Å². The van der Waals surface area contributed by atoms with E-state index in [9.17, 15) is 4.79 Å². The Hall–Kier alpha value is -1.29. The number of methoxy groups -OCH3 is 3. The predicted molar refractivity (Wildman–Crippen MR) is 123 cm³/mol. The molecule has 0 amide bonds. The molecule has 0 saturated carbocycles. The number of carbonyl (C=O) groups excluding carboxylic acids is 1.